The first-order chi connectivity index (χ1) is 5.11. The number of rotatable bonds is 1. The maximum Gasteiger partial charge on any atom is 0.493 e. The van der Waals surface area contributed by atoms with Gasteiger partial charge in [-0.15, -0.1) is 0 Å². The predicted octanol–water partition coefficient (Wildman–Crippen LogP) is -0.791. The fourth-order valence-electron chi connectivity index (χ4n) is 0.728. The molecule has 3 nitrogen and oxygen atoms in total. The standard InChI is InChI=1S/C6H7BFNO2/c1-4-2-3-5(7(10)11)6(8)9-4/h2-3,10-11H,1H3. The van der Waals surface area contributed by atoms with Crippen molar-refractivity contribution < 1.29 is 14.4 Å². The average Bonchev–Trinajstić information content (AvgIpc) is 1.85. The Morgan fingerprint density at radius 1 is 1.45 bits per heavy atom. The Labute approximate surface area is 63.7 Å². The summed E-state index contributed by atoms with van der Waals surface area (Å²) in [7, 11) is -1.79. The van der Waals surface area contributed by atoms with Crippen molar-refractivity contribution >= 4 is 12.6 Å². The van der Waals surface area contributed by atoms with Crippen LogP contribution >= 0.6 is 0 Å². The van der Waals surface area contributed by atoms with E-state index in [-0.39, 0.29) is 5.46 Å². The Bertz CT molecular complexity index is 267. The van der Waals surface area contributed by atoms with Crippen molar-refractivity contribution in [1.29, 1.82) is 0 Å². The van der Waals surface area contributed by atoms with Gasteiger partial charge in [0.15, 0.2) is 0 Å². The number of hydrogen-bond acceptors (Lipinski definition) is 3. The van der Waals surface area contributed by atoms with Crippen LogP contribution in [0.1, 0.15) is 5.69 Å². The van der Waals surface area contributed by atoms with Crippen LogP contribution in [0.2, 0.25) is 0 Å². The van der Waals surface area contributed by atoms with Crippen LogP contribution in [0.15, 0.2) is 12.1 Å². The molecule has 2 N–H and O–H groups in total. The molecule has 1 rings (SSSR count). The third-order valence-electron chi connectivity index (χ3n) is 1.29. The zero-order valence-corrected chi connectivity index (χ0v) is 5.95. The normalized spacial score (nSPS) is 9.82. The molecule has 0 aliphatic carbocycles. The molecule has 0 atom stereocenters. The SMILES string of the molecule is Cc1ccc(B(O)O)c(F)n1. The smallest absolute Gasteiger partial charge is 0.423 e. The third-order valence-corrected chi connectivity index (χ3v) is 1.29. The second-order valence-corrected chi connectivity index (χ2v) is 2.21. The molecule has 11 heavy (non-hydrogen) atoms. The van der Waals surface area contributed by atoms with Crippen molar-refractivity contribution in [3.05, 3.63) is 23.8 Å². The lowest BCUT2D eigenvalue weighted by molar-refractivity contribution is 0.421. The molecule has 0 fully saturated rings. The van der Waals surface area contributed by atoms with Gasteiger partial charge in [-0.2, -0.15) is 4.39 Å². The lowest BCUT2D eigenvalue weighted by Gasteiger charge is -1.99. The highest BCUT2D eigenvalue weighted by atomic mass is 19.1. The van der Waals surface area contributed by atoms with E-state index in [9.17, 15) is 4.39 Å². The molecule has 0 aliphatic rings. The van der Waals surface area contributed by atoms with Gasteiger partial charge in [0, 0.05) is 11.2 Å². The van der Waals surface area contributed by atoms with Gasteiger partial charge >= 0.3 is 7.12 Å². The van der Waals surface area contributed by atoms with Crippen molar-refractivity contribution in [3.63, 3.8) is 0 Å². The Morgan fingerprint density at radius 3 is 2.55 bits per heavy atom. The highest BCUT2D eigenvalue weighted by Crippen LogP contribution is 1.93. The second-order valence-electron chi connectivity index (χ2n) is 2.21. The van der Waals surface area contributed by atoms with Gasteiger partial charge in [-0.25, -0.2) is 4.98 Å². The molecule has 1 heterocycles. The molecular formula is C6H7BFNO2. The van der Waals surface area contributed by atoms with Gasteiger partial charge in [-0.05, 0) is 13.0 Å². The summed E-state index contributed by atoms with van der Waals surface area (Å²) >= 11 is 0. The van der Waals surface area contributed by atoms with Gasteiger partial charge < -0.3 is 10.0 Å². The Balaban J connectivity index is 3.09. The molecule has 5 heteroatoms. The molecule has 0 aromatic carbocycles. The number of halogens is 1. The zero-order valence-electron chi connectivity index (χ0n) is 5.95. The average molecular weight is 155 g/mol. The Morgan fingerprint density at radius 2 is 2.09 bits per heavy atom. The second kappa shape index (κ2) is 2.98. The number of pyridine rings is 1. The summed E-state index contributed by atoms with van der Waals surface area (Å²) in [5, 5.41) is 17.1. The third kappa shape index (κ3) is 1.75. The van der Waals surface area contributed by atoms with Crippen LogP contribution in [0, 0.1) is 12.9 Å². The van der Waals surface area contributed by atoms with Crippen LogP contribution in [-0.4, -0.2) is 22.2 Å². The fraction of sp³-hybridized carbons (Fsp3) is 0.167. The van der Waals surface area contributed by atoms with E-state index in [1.165, 1.54) is 12.1 Å². The maximum absolute atomic E-state index is 12.7. The molecule has 0 saturated heterocycles. The lowest BCUT2D eigenvalue weighted by Crippen LogP contribution is -2.33. The first-order valence-corrected chi connectivity index (χ1v) is 3.10. The molecule has 1 aromatic rings. The minimum atomic E-state index is -1.79. The van der Waals surface area contributed by atoms with Gasteiger partial charge in [0.25, 0.3) is 0 Å². The summed E-state index contributed by atoms with van der Waals surface area (Å²) in [6, 6.07) is 2.81. The summed E-state index contributed by atoms with van der Waals surface area (Å²) < 4.78 is 12.7. The molecule has 0 aliphatic heterocycles. The Kier molecular flexibility index (Phi) is 2.21. The molecule has 58 valence electrons. The molecule has 0 bridgehead atoms. The summed E-state index contributed by atoms with van der Waals surface area (Å²) in [6.45, 7) is 1.62. The van der Waals surface area contributed by atoms with E-state index < -0.39 is 13.1 Å². The molecule has 0 amide bonds. The van der Waals surface area contributed by atoms with Crippen LogP contribution < -0.4 is 5.46 Å². The van der Waals surface area contributed by atoms with Crippen LogP contribution in [0.3, 0.4) is 0 Å². The van der Waals surface area contributed by atoms with Crippen molar-refractivity contribution in [3.8, 4) is 0 Å². The molecule has 0 radical (unpaired) electrons. The van der Waals surface area contributed by atoms with Crippen molar-refractivity contribution in [2.75, 3.05) is 0 Å². The number of aryl methyl sites for hydroxylation is 1. The topological polar surface area (TPSA) is 53.4 Å². The van der Waals surface area contributed by atoms with E-state index in [1.54, 1.807) is 6.92 Å². The van der Waals surface area contributed by atoms with Crippen LogP contribution in [0.5, 0.6) is 0 Å². The van der Waals surface area contributed by atoms with Crippen molar-refractivity contribution in [1.82, 2.24) is 4.98 Å². The van der Waals surface area contributed by atoms with Crippen molar-refractivity contribution in [2.45, 2.75) is 6.92 Å². The maximum atomic E-state index is 12.7. The largest absolute Gasteiger partial charge is 0.493 e. The van der Waals surface area contributed by atoms with Gasteiger partial charge in [0.1, 0.15) is 0 Å². The summed E-state index contributed by atoms with van der Waals surface area (Å²) in [6.07, 6.45) is 0. The van der Waals surface area contributed by atoms with Gasteiger partial charge in [0.05, 0.1) is 0 Å². The van der Waals surface area contributed by atoms with Gasteiger partial charge in [-0.1, -0.05) is 6.07 Å². The quantitative estimate of drug-likeness (QED) is 0.412. The van der Waals surface area contributed by atoms with Crippen LogP contribution in [-0.2, 0) is 0 Å². The summed E-state index contributed by atoms with van der Waals surface area (Å²) in [4.78, 5) is 3.41. The molecule has 1 aromatic heterocycles. The molecule has 0 unspecified atom stereocenters. The fourth-order valence-corrected chi connectivity index (χ4v) is 0.728. The van der Waals surface area contributed by atoms with E-state index in [2.05, 4.69) is 4.98 Å². The number of aromatic nitrogens is 1. The van der Waals surface area contributed by atoms with E-state index >= 15 is 0 Å². The Hall–Kier alpha value is -0.935. The monoisotopic (exact) mass is 155 g/mol. The van der Waals surface area contributed by atoms with Crippen molar-refractivity contribution in [2.24, 2.45) is 0 Å². The first-order valence-electron chi connectivity index (χ1n) is 3.10. The zero-order chi connectivity index (χ0) is 8.43. The number of hydrogen-bond donors (Lipinski definition) is 2. The van der Waals surface area contributed by atoms with E-state index in [1.807, 2.05) is 0 Å². The highest BCUT2D eigenvalue weighted by Gasteiger charge is 2.16. The number of nitrogens with zero attached hydrogens (tertiary/aromatic N) is 1. The molecule has 0 saturated carbocycles. The minimum Gasteiger partial charge on any atom is -0.423 e. The van der Waals surface area contributed by atoms with Crippen LogP contribution in [0.25, 0.3) is 0 Å². The molecule has 0 spiro atoms. The minimum absolute atomic E-state index is 0.199. The summed E-state index contributed by atoms with van der Waals surface area (Å²) in [5.41, 5.74) is 0.308. The van der Waals surface area contributed by atoms with E-state index in [4.69, 9.17) is 10.0 Å². The van der Waals surface area contributed by atoms with Gasteiger partial charge in [-0.3, -0.25) is 0 Å². The predicted molar refractivity (Wildman–Crippen MR) is 38.8 cm³/mol. The highest BCUT2D eigenvalue weighted by molar-refractivity contribution is 6.58. The summed E-state index contributed by atoms with van der Waals surface area (Å²) in [5.74, 6) is -0.833. The first kappa shape index (κ1) is 8.16. The van der Waals surface area contributed by atoms with E-state index in [0.717, 1.165) is 0 Å². The van der Waals surface area contributed by atoms with Gasteiger partial charge in [0.2, 0.25) is 5.95 Å². The lowest BCUT2D eigenvalue weighted by atomic mass is 9.81. The molecular weight excluding hydrogens is 148 g/mol. The van der Waals surface area contributed by atoms with E-state index in [0.29, 0.717) is 5.69 Å². The van der Waals surface area contributed by atoms with Crippen LogP contribution in [0.4, 0.5) is 4.39 Å².